The van der Waals surface area contributed by atoms with Crippen molar-refractivity contribution in [3.05, 3.63) is 87.3 Å². The molecular formula is C23H13Cl2F4N5O3S. The molecule has 4 aromatic rings. The van der Waals surface area contributed by atoms with Gasteiger partial charge in [-0.3, -0.25) is 14.6 Å². The quantitative estimate of drug-likeness (QED) is 0.190. The van der Waals surface area contributed by atoms with E-state index in [4.69, 9.17) is 23.2 Å². The molecule has 3 N–H and O–H groups in total. The van der Waals surface area contributed by atoms with Crippen LogP contribution >= 0.6 is 34.5 Å². The van der Waals surface area contributed by atoms with Crippen molar-refractivity contribution in [2.75, 3.05) is 5.32 Å². The predicted molar refractivity (Wildman–Crippen MR) is 132 cm³/mol. The summed E-state index contributed by atoms with van der Waals surface area (Å²) in [5.41, 5.74) is -1.61. The molecule has 0 radical (unpaired) electrons. The van der Waals surface area contributed by atoms with Gasteiger partial charge in [0.15, 0.2) is 16.6 Å². The molecule has 0 saturated heterocycles. The first-order valence-electron chi connectivity index (χ1n) is 10.4. The Balaban J connectivity index is 1.66. The van der Waals surface area contributed by atoms with E-state index in [2.05, 4.69) is 25.6 Å². The van der Waals surface area contributed by atoms with Gasteiger partial charge in [0.05, 0.1) is 16.8 Å². The lowest BCUT2D eigenvalue weighted by Gasteiger charge is -2.13. The van der Waals surface area contributed by atoms with Gasteiger partial charge < -0.3 is 15.7 Å². The molecule has 8 nitrogen and oxygen atoms in total. The van der Waals surface area contributed by atoms with Crippen LogP contribution < -0.4 is 10.6 Å². The van der Waals surface area contributed by atoms with Gasteiger partial charge in [0.2, 0.25) is 0 Å². The van der Waals surface area contributed by atoms with Crippen molar-refractivity contribution >= 4 is 51.4 Å². The smallest absolute Gasteiger partial charge is 0.416 e. The van der Waals surface area contributed by atoms with E-state index >= 15 is 0 Å². The number of hydrogen-bond donors (Lipinski definition) is 3. The highest BCUT2D eigenvalue weighted by Gasteiger charge is 2.33. The third-order valence-corrected chi connectivity index (χ3v) is 6.49. The maximum Gasteiger partial charge on any atom is 0.416 e. The molecule has 2 amide bonds. The summed E-state index contributed by atoms with van der Waals surface area (Å²) in [5, 5.41) is 13.7. The van der Waals surface area contributed by atoms with Crippen LogP contribution in [0.5, 0.6) is 5.75 Å². The zero-order chi connectivity index (χ0) is 27.6. The molecule has 196 valence electrons. The van der Waals surface area contributed by atoms with Crippen molar-refractivity contribution in [2.24, 2.45) is 0 Å². The van der Waals surface area contributed by atoms with Crippen LogP contribution in [0.1, 0.15) is 32.1 Å². The van der Waals surface area contributed by atoms with E-state index in [1.54, 1.807) is 0 Å². The predicted octanol–water partition coefficient (Wildman–Crippen LogP) is 5.95. The lowest BCUT2D eigenvalue weighted by atomic mass is 10.1. The molecule has 0 saturated carbocycles. The van der Waals surface area contributed by atoms with Crippen LogP contribution in [0, 0.1) is 5.82 Å². The van der Waals surface area contributed by atoms with E-state index in [1.807, 2.05) is 0 Å². The van der Waals surface area contributed by atoms with Gasteiger partial charge in [0.25, 0.3) is 11.8 Å². The summed E-state index contributed by atoms with van der Waals surface area (Å²) in [6.45, 7) is -0.499. The minimum Gasteiger partial charge on any atom is -0.504 e. The number of amides is 2. The van der Waals surface area contributed by atoms with Crippen LogP contribution in [-0.4, -0.2) is 31.9 Å². The lowest BCUT2D eigenvalue weighted by molar-refractivity contribution is -0.138. The third kappa shape index (κ3) is 6.01. The Morgan fingerprint density at radius 2 is 1.79 bits per heavy atom. The number of halogens is 6. The molecular weight excluding hydrogens is 573 g/mol. The summed E-state index contributed by atoms with van der Waals surface area (Å²) in [6, 6.07) is 6.83. The molecule has 0 aliphatic heterocycles. The van der Waals surface area contributed by atoms with E-state index in [1.165, 1.54) is 24.4 Å². The molecule has 3 aromatic heterocycles. The van der Waals surface area contributed by atoms with Crippen LogP contribution in [0.3, 0.4) is 0 Å². The zero-order valence-electron chi connectivity index (χ0n) is 18.6. The Morgan fingerprint density at radius 3 is 2.47 bits per heavy atom. The van der Waals surface area contributed by atoms with E-state index in [9.17, 15) is 32.3 Å². The van der Waals surface area contributed by atoms with E-state index in [-0.39, 0.29) is 37.5 Å². The molecule has 38 heavy (non-hydrogen) atoms. The fourth-order valence-corrected chi connectivity index (χ4v) is 4.56. The number of carbonyl (C=O) groups is 2. The molecule has 0 atom stereocenters. The van der Waals surface area contributed by atoms with Crippen LogP contribution in [0.25, 0.3) is 10.6 Å². The molecule has 0 fully saturated rings. The van der Waals surface area contributed by atoms with Gasteiger partial charge in [-0.1, -0.05) is 52.7 Å². The summed E-state index contributed by atoms with van der Waals surface area (Å²) in [4.78, 5) is 37.4. The highest BCUT2D eigenvalue weighted by atomic mass is 35.5. The minimum atomic E-state index is -4.64. The van der Waals surface area contributed by atoms with Gasteiger partial charge in [0.1, 0.15) is 21.5 Å². The van der Waals surface area contributed by atoms with Crippen molar-refractivity contribution in [3.63, 3.8) is 0 Å². The molecule has 3 heterocycles. The van der Waals surface area contributed by atoms with E-state index < -0.39 is 46.8 Å². The third-order valence-electron chi connectivity index (χ3n) is 4.92. The number of carbonyl (C=O) groups excluding carboxylic acids is 2. The number of aromatic hydroxyl groups is 1. The van der Waals surface area contributed by atoms with Crippen molar-refractivity contribution in [1.29, 1.82) is 0 Å². The second kappa shape index (κ2) is 10.9. The molecule has 0 bridgehead atoms. The number of pyridine rings is 2. The number of anilines is 1. The van der Waals surface area contributed by atoms with Crippen LogP contribution in [0.15, 0.2) is 48.8 Å². The van der Waals surface area contributed by atoms with Crippen LogP contribution in [-0.2, 0) is 12.7 Å². The number of aromatic nitrogens is 3. The highest BCUT2D eigenvalue weighted by molar-refractivity contribution is 7.19. The first-order chi connectivity index (χ1) is 17.9. The summed E-state index contributed by atoms with van der Waals surface area (Å²) in [5.74, 6) is -3.03. The average Bonchev–Trinajstić information content (AvgIpc) is 3.29. The van der Waals surface area contributed by atoms with Crippen LogP contribution in [0.2, 0.25) is 10.2 Å². The van der Waals surface area contributed by atoms with Gasteiger partial charge in [-0.15, -0.1) is 0 Å². The van der Waals surface area contributed by atoms with Crippen LogP contribution in [0.4, 0.5) is 22.6 Å². The number of benzene rings is 1. The van der Waals surface area contributed by atoms with E-state index in [0.717, 1.165) is 35.7 Å². The monoisotopic (exact) mass is 585 g/mol. The van der Waals surface area contributed by atoms with Gasteiger partial charge >= 0.3 is 6.18 Å². The largest absolute Gasteiger partial charge is 0.504 e. The summed E-state index contributed by atoms with van der Waals surface area (Å²) in [6.07, 6.45) is -2.41. The number of alkyl halides is 3. The number of rotatable bonds is 6. The van der Waals surface area contributed by atoms with Gasteiger partial charge in [-0.05, 0) is 23.8 Å². The Bertz CT molecular complexity index is 1520. The standard InChI is InChI=1S/C23H13Cl2F4N5O3S/c24-14-6-15(32-18(25)17(14)35)19(36)34-22-16(33-21(38-22)11-5-12(26)9-30-7-11)20(37)31-8-10-3-1-2-4-13(10)23(27,28)29/h1-7,9,35H,8H2,(H,31,37)(H,34,36). The SMILES string of the molecule is O=C(Nc1sc(-c2cncc(F)c2)nc1C(=O)NCc1ccccc1C(F)(F)F)c1cc(Cl)c(O)c(Cl)n1. The van der Waals surface area contributed by atoms with Crippen molar-refractivity contribution < 1.29 is 32.3 Å². The molecule has 0 aliphatic rings. The topological polar surface area (TPSA) is 117 Å². The summed E-state index contributed by atoms with van der Waals surface area (Å²) in [7, 11) is 0. The fraction of sp³-hybridized carbons (Fsp3) is 0.0870. The molecule has 1 aromatic carbocycles. The van der Waals surface area contributed by atoms with Crippen molar-refractivity contribution in [2.45, 2.75) is 12.7 Å². The normalized spacial score (nSPS) is 11.3. The maximum atomic E-state index is 13.7. The Kier molecular flexibility index (Phi) is 7.81. The molecule has 4 rings (SSSR count). The molecule has 15 heteroatoms. The Morgan fingerprint density at radius 1 is 1.05 bits per heavy atom. The first-order valence-corrected chi connectivity index (χ1v) is 11.9. The van der Waals surface area contributed by atoms with Gasteiger partial charge in [-0.2, -0.15) is 13.2 Å². The van der Waals surface area contributed by atoms with E-state index in [0.29, 0.717) is 0 Å². The van der Waals surface area contributed by atoms with Crippen molar-refractivity contribution in [3.8, 4) is 16.3 Å². The lowest BCUT2D eigenvalue weighted by Crippen LogP contribution is -2.26. The molecule has 0 aliphatic carbocycles. The van der Waals surface area contributed by atoms with Gasteiger partial charge in [-0.25, -0.2) is 14.4 Å². The van der Waals surface area contributed by atoms with Gasteiger partial charge in [0, 0.05) is 18.3 Å². The molecule has 0 unspecified atom stereocenters. The number of hydrogen-bond acceptors (Lipinski definition) is 7. The van der Waals surface area contributed by atoms with Crippen molar-refractivity contribution in [1.82, 2.24) is 20.3 Å². The summed E-state index contributed by atoms with van der Waals surface area (Å²) < 4.78 is 53.7. The molecule has 0 spiro atoms. The zero-order valence-corrected chi connectivity index (χ0v) is 20.9. The second-order valence-corrected chi connectivity index (χ2v) is 9.27. The first kappa shape index (κ1) is 27.2. The summed E-state index contributed by atoms with van der Waals surface area (Å²) >= 11 is 12.4. The fourth-order valence-electron chi connectivity index (χ4n) is 3.18. The number of nitrogens with zero attached hydrogens (tertiary/aromatic N) is 3. The number of thiazole rings is 1. The Labute approximate surface area is 225 Å². The maximum absolute atomic E-state index is 13.7. The second-order valence-electron chi connectivity index (χ2n) is 7.51. The Hall–Kier alpha value is -3.81. The average molecular weight is 586 g/mol. The highest BCUT2D eigenvalue weighted by Crippen LogP contribution is 2.35. The number of nitrogens with one attached hydrogen (secondary N) is 2. The minimum absolute atomic E-state index is 0.0860.